The van der Waals surface area contributed by atoms with Crippen LogP contribution in [0.1, 0.15) is 19.8 Å². The molecule has 6 heteroatoms. The molecule has 3 N–H and O–H groups in total. The minimum Gasteiger partial charge on any atom is -0.330 e. The number of halogens is 1. The van der Waals surface area contributed by atoms with E-state index in [1.54, 1.807) is 11.6 Å². The highest BCUT2D eigenvalue weighted by Crippen LogP contribution is 2.32. The summed E-state index contributed by atoms with van der Waals surface area (Å²) in [5.41, 5.74) is 8.63. The van der Waals surface area contributed by atoms with E-state index in [1.165, 1.54) is 11.3 Å². The van der Waals surface area contributed by atoms with E-state index in [0.29, 0.717) is 29.6 Å². The van der Waals surface area contributed by atoms with Gasteiger partial charge >= 0.3 is 0 Å². The molecule has 0 fully saturated rings. The van der Waals surface area contributed by atoms with Crippen LogP contribution >= 0.6 is 22.9 Å². The second-order valence-electron chi connectivity index (χ2n) is 4.55. The van der Waals surface area contributed by atoms with Crippen molar-refractivity contribution in [2.24, 2.45) is 11.7 Å². The topological polar surface area (TPSA) is 68.0 Å². The molecule has 1 unspecified atom stereocenters. The van der Waals surface area contributed by atoms with Crippen molar-refractivity contribution in [1.29, 1.82) is 0 Å². The minimum absolute atomic E-state index is 0.0531. The molecule has 0 radical (unpaired) electrons. The summed E-state index contributed by atoms with van der Waals surface area (Å²) in [5, 5.41) is 3.36. The number of aromatic nitrogens is 1. The first-order valence-electron chi connectivity index (χ1n) is 6.13. The highest BCUT2D eigenvalue weighted by molar-refractivity contribution is 7.16. The molecule has 19 heavy (non-hydrogen) atoms. The quantitative estimate of drug-likeness (QED) is 0.890. The zero-order valence-corrected chi connectivity index (χ0v) is 12.2. The summed E-state index contributed by atoms with van der Waals surface area (Å²) in [5.74, 6) is 0.291. The molecule has 0 aliphatic heterocycles. The number of amides is 1. The van der Waals surface area contributed by atoms with Crippen LogP contribution in [0.4, 0.5) is 5.69 Å². The number of nitrogens with zero attached hydrogens (tertiary/aromatic N) is 1. The van der Waals surface area contributed by atoms with Crippen molar-refractivity contribution in [2.75, 3.05) is 11.9 Å². The number of rotatable bonds is 5. The first-order valence-corrected chi connectivity index (χ1v) is 7.39. The molecule has 0 aliphatic carbocycles. The number of carbonyl (C=O) groups is 1. The van der Waals surface area contributed by atoms with Crippen molar-refractivity contribution < 1.29 is 4.79 Å². The lowest BCUT2D eigenvalue weighted by molar-refractivity contribution is -0.116. The van der Waals surface area contributed by atoms with E-state index in [4.69, 9.17) is 17.3 Å². The Morgan fingerprint density at radius 2 is 2.37 bits per heavy atom. The number of benzene rings is 1. The summed E-state index contributed by atoms with van der Waals surface area (Å²) >= 11 is 7.65. The maximum atomic E-state index is 11.9. The fourth-order valence-corrected chi connectivity index (χ4v) is 2.61. The lowest BCUT2D eigenvalue weighted by Gasteiger charge is -2.10. The minimum atomic E-state index is -0.0531. The summed E-state index contributed by atoms with van der Waals surface area (Å²) in [6.45, 7) is 2.62. The van der Waals surface area contributed by atoms with Crippen molar-refractivity contribution in [2.45, 2.75) is 19.8 Å². The number of nitrogens with two attached hydrogens (primary N) is 1. The molecular weight excluding hydrogens is 282 g/mol. The Morgan fingerprint density at radius 3 is 3.11 bits per heavy atom. The third-order valence-electron chi connectivity index (χ3n) is 2.98. The van der Waals surface area contributed by atoms with Gasteiger partial charge in [-0.1, -0.05) is 18.5 Å². The zero-order chi connectivity index (χ0) is 13.8. The number of anilines is 1. The maximum absolute atomic E-state index is 11.9. The molecule has 1 aromatic carbocycles. The van der Waals surface area contributed by atoms with Gasteiger partial charge in [-0.25, -0.2) is 4.98 Å². The van der Waals surface area contributed by atoms with Crippen LogP contribution in [0.15, 0.2) is 17.6 Å². The number of nitrogens with one attached hydrogen (secondary N) is 1. The molecule has 0 aliphatic rings. The fourth-order valence-electron chi connectivity index (χ4n) is 1.72. The lowest BCUT2D eigenvalue weighted by Crippen LogP contribution is -2.16. The SMILES string of the molecule is CC(CN)CCC(=O)Nc1c(Cl)ccc2scnc12. The normalized spacial score (nSPS) is 12.6. The van der Waals surface area contributed by atoms with Gasteiger partial charge in [0.1, 0.15) is 5.52 Å². The molecular formula is C13H16ClN3OS. The molecule has 102 valence electrons. The van der Waals surface area contributed by atoms with Crippen molar-refractivity contribution in [3.63, 3.8) is 0 Å². The number of hydrogen-bond acceptors (Lipinski definition) is 4. The smallest absolute Gasteiger partial charge is 0.224 e. The Balaban J connectivity index is 2.10. The van der Waals surface area contributed by atoms with E-state index >= 15 is 0 Å². The van der Waals surface area contributed by atoms with Crippen LogP contribution in [0.5, 0.6) is 0 Å². The molecule has 0 spiro atoms. The van der Waals surface area contributed by atoms with E-state index in [2.05, 4.69) is 10.3 Å². The van der Waals surface area contributed by atoms with Crippen LogP contribution in [-0.2, 0) is 4.79 Å². The number of thiazole rings is 1. The van der Waals surface area contributed by atoms with Gasteiger partial charge < -0.3 is 11.1 Å². The number of fused-ring (bicyclic) bond motifs is 1. The Morgan fingerprint density at radius 1 is 1.58 bits per heavy atom. The molecule has 1 aromatic heterocycles. The zero-order valence-electron chi connectivity index (χ0n) is 10.6. The second kappa shape index (κ2) is 6.32. The summed E-state index contributed by atoms with van der Waals surface area (Å²) in [6, 6.07) is 3.68. The molecule has 2 rings (SSSR count). The predicted octanol–water partition coefficient (Wildman–Crippen LogP) is 3.26. The molecule has 4 nitrogen and oxygen atoms in total. The molecule has 0 saturated heterocycles. The molecule has 1 heterocycles. The van der Waals surface area contributed by atoms with Crippen molar-refractivity contribution >= 4 is 44.7 Å². The molecule has 2 aromatic rings. The first-order chi connectivity index (χ1) is 9.11. The Labute approximate surface area is 121 Å². The predicted molar refractivity (Wildman–Crippen MR) is 80.7 cm³/mol. The monoisotopic (exact) mass is 297 g/mol. The van der Waals surface area contributed by atoms with Crippen LogP contribution in [0, 0.1) is 5.92 Å². The van der Waals surface area contributed by atoms with E-state index in [-0.39, 0.29) is 5.91 Å². The average Bonchev–Trinajstić information content (AvgIpc) is 2.87. The maximum Gasteiger partial charge on any atom is 0.224 e. The van der Waals surface area contributed by atoms with Gasteiger partial charge in [0.2, 0.25) is 5.91 Å². The lowest BCUT2D eigenvalue weighted by atomic mass is 10.1. The third kappa shape index (κ3) is 3.43. The van der Waals surface area contributed by atoms with Gasteiger partial charge in [0.05, 0.1) is 20.9 Å². The van der Waals surface area contributed by atoms with Crippen LogP contribution in [-0.4, -0.2) is 17.4 Å². The van der Waals surface area contributed by atoms with E-state index in [0.717, 1.165) is 16.6 Å². The van der Waals surface area contributed by atoms with Crippen LogP contribution < -0.4 is 11.1 Å². The summed E-state index contributed by atoms with van der Waals surface area (Å²) in [6.07, 6.45) is 1.21. The van der Waals surface area contributed by atoms with E-state index in [1.807, 2.05) is 13.0 Å². The highest BCUT2D eigenvalue weighted by Gasteiger charge is 2.12. The van der Waals surface area contributed by atoms with Gasteiger partial charge in [0, 0.05) is 6.42 Å². The Bertz CT molecular complexity index is 584. The largest absolute Gasteiger partial charge is 0.330 e. The van der Waals surface area contributed by atoms with Gasteiger partial charge in [-0.05, 0) is 31.0 Å². The van der Waals surface area contributed by atoms with Gasteiger partial charge in [-0.3, -0.25) is 4.79 Å². The molecule has 1 atom stereocenters. The Hall–Kier alpha value is -1.17. The van der Waals surface area contributed by atoms with Gasteiger partial charge in [0.25, 0.3) is 0 Å². The van der Waals surface area contributed by atoms with E-state index in [9.17, 15) is 4.79 Å². The second-order valence-corrected chi connectivity index (χ2v) is 5.84. The van der Waals surface area contributed by atoms with Gasteiger partial charge in [-0.2, -0.15) is 0 Å². The highest BCUT2D eigenvalue weighted by atomic mass is 35.5. The fraction of sp³-hybridized carbons (Fsp3) is 0.385. The van der Waals surface area contributed by atoms with Gasteiger partial charge in [0.15, 0.2) is 0 Å². The summed E-state index contributed by atoms with van der Waals surface area (Å²) < 4.78 is 1.01. The first kappa shape index (κ1) is 14.2. The molecule has 0 bridgehead atoms. The summed E-state index contributed by atoms with van der Waals surface area (Å²) in [7, 11) is 0. The summed E-state index contributed by atoms with van der Waals surface area (Å²) in [4.78, 5) is 16.2. The van der Waals surface area contributed by atoms with E-state index < -0.39 is 0 Å². The standard InChI is InChI=1S/C13H16ClN3OS/c1-8(6-15)2-5-11(18)17-12-9(14)3-4-10-13(12)16-7-19-10/h3-4,7-8H,2,5-6,15H2,1H3,(H,17,18). The van der Waals surface area contributed by atoms with Crippen LogP contribution in [0.2, 0.25) is 5.02 Å². The Kier molecular flexibility index (Phi) is 4.74. The molecule has 0 saturated carbocycles. The molecule has 1 amide bonds. The van der Waals surface area contributed by atoms with Crippen LogP contribution in [0.3, 0.4) is 0 Å². The average molecular weight is 298 g/mol. The third-order valence-corrected chi connectivity index (χ3v) is 4.09. The van der Waals surface area contributed by atoms with Crippen LogP contribution in [0.25, 0.3) is 10.2 Å². The number of carbonyl (C=O) groups excluding carboxylic acids is 1. The van der Waals surface area contributed by atoms with Crippen molar-refractivity contribution in [1.82, 2.24) is 4.98 Å². The number of hydrogen-bond donors (Lipinski definition) is 2. The van der Waals surface area contributed by atoms with Crippen molar-refractivity contribution in [3.8, 4) is 0 Å². The van der Waals surface area contributed by atoms with Gasteiger partial charge in [-0.15, -0.1) is 11.3 Å². The van der Waals surface area contributed by atoms with Crippen molar-refractivity contribution in [3.05, 3.63) is 22.7 Å².